The molecule has 7 heteroatoms. The minimum atomic E-state index is -0.0481. The molecular weight excluding hydrogens is 318 g/mol. The van der Waals surface area contributed by atoms with Gasteiger partial charge in [0.15, 0.2) is 0 Å². The van der Waals surface area contributed by atoms with Crippen molar-refractivity contribution in [3.05, 3.63) is 53.7 Å². The van der Waals surface area contributed by atoms with Gasteiger partial charge in [0.25, 0.3) is 0 Å². The molecule has 2 aromatic heterocycles. The summed E-state index contributed by atoms with van der Waals surface area (Å²) in [5.41, 5.74) is 3.32. The first-order valence-corrected chi connectivity index (χ1v) is 8.40. The highest BCUT2D eigenvalue weighted by molar-refractivity contribution is 5.53. The number of morpholine rings is 1. The molecule has 1 fully saturated rings. The molecule has 3 heterocycles. The van der Waals surface area contributed by atoms with Gasteiger partial charge in [-0.3, -0.25) is 9.58 Å². The largest absolute Gasteiger partial charge is 0.378 e. The average Bonchev–Trinajstić information content (AvgIpc) is 3.26. The zero-order valence-electron chi connectivity index (χ0n) is 14.4. The lowest BCUT2D eigenvalue weighted by Crippen LogP contribution is -2.39. The van der Waals surface area contributed by atoms with E-state index in [1.54, 1.807) is 0 Å². The van der Waals surface area contributed by atoms with E-state index in [0.29, 0.717) is 24.9 Å². The molecule has 0 radical (unpaired) electrons. The third kappa shape index (κ3) is 3.20. The molecule has 1 aliphatic rings. The molecular formula is C18H21N5O2. The van der Waals surface area contributed by atoms with Crippen LogP contribution in [-0.2, 0) is 18.3 Å². The van der Waals surface area contributed by atoms with Crippen LogP contribution in [0.1, 0.15) is 23.2 Å². The van der Waals surface area contributed by atoms with Crippen molar-refractivity contribution in [3.63, 3.8) is 0 Å². The van der Waals surface area contributed by atoms with E-state index in [-0.39, 0.29) is 6.04 Å². The fourth-order valence-electron chi connectivity index (χ4n) is 3.12. The second-order valence-corrected chi connectivity index (χ2v) is 6.28. The third-order valence-electron chi connectivity index (χ3n) is 4.62. The predicted molar refractivity (Wildman–Crippen MR) is 91.6 cm³/mol. The maximum Gasteiger partial charge on any atom is 0.246 e. The SMILES string of the molecule is Cc1cnn(C)c1CN1CCOC[C@H]1c1nc(-c2ccccc2)no1. The Bertz CT molecular complexity index is 823. The van der Waals surface area contributed by atoms with E-state index in [2.05, 4.69) is 27.1 Å². The van der Waals surface area contributed by atoms with Gasteiger partial charge >= 0.3 is 0 Å². The highest BCUT2D eigenvalue weighted by Gasteiger charge is 2.30. The number of hydrogen-bond acceptors (Lipinski definition) is 6. The number of benzene rings is 1. The first-order valence-electron chi connectivity index (χ1n) is 8.40. The van der Waals surface area contributed by atoms with Crippen LogP contribution in [0.5, 0.6) is 0 Å². The van der Waals surface area contributed by atoms with Crippen molar-refractivity contribution in [3.8, 4) is 11.4 Å². The van der Waals surface area contributed by atoms with Gasteiger partial charge in [-0.1, -0.05) is 35.5 Å². The third-order valence-corrected chi connectivity index (χ3v) is 4.62. The van der Waals surface area contributed by atoms with Gasteiger partial charge in [0, 0.05) is 25.7 Å². The van der Waals surface area contributed by atoms with Crippen LogP contribution in [0.15, 0.2) is 41.1 Å². The highest BCUT2D eigenvalue weighted by atomic mass is 16.5. The Morgan fingerprint density at radius 3 is 2.84 bits per heavy atom. The van der Waals surface area contributed by atoms with E-state index in [0.717, 1.165) is 18.7 Å². The fourth-order valence-corrected chi connectivity index (χ4v) is 3.12. The van der Waals surface area contributed by atoms with Crippen LogP contribution in [0.4, 0.5) is 0 Å². The summed E-state index contributed by atoms with van der Waals surface area (Å²) in [7, 11) is 1.97. The van der Waals surface area contributed by atoms with Gasteiger partial charge < -0.3 is 9.26 Å². The Kier molecular flexibility index (Phi) is 4.33. The van der Waals surface area contributed by atoms with Crippen LogP contribution >= 0.6 is 0 Å². The lowest BCUT2D eigenvalue weighted by Gasteiger charge is -2.33. The Balaban J connectivity index is 1.58. The molecule has 3 aromatic rings. The summed E-state index contributed by atoms with van der Waals surface area (Å²) in [6, 6.07) is 9.80. The lowest BCUT2D eigenvalue weighted by molar-refractivity contribution is -0.0251. The molecule has 1 saturated heterocycles. The Hall–Kier alpha value is -2.51. The maximum atomic E-state index is 5.67. The van der Waals surface area contributed by atoms with Gasteiger partial charge in [-0.15, -0.1) is 0 Å². The molecule has 1 atom stereocenters. The van der Waals surface area contributed by atoms with Crippen LogP contribution in [0.2, 0.25) is 0 Å². The normalized spacial score (nSPS) is 18.6. The van der Waals surface area contributed by atoms with Crippen LogP contribution < -0.4 is 0 Å². The number of aromatic nitrogens is 4. The summed E-state index contributed by atoms with van der Waals surface area (Å²) >= 11 is 0. The summed E-state index contributed by atoms with van der Waals surface area (Å²) in [6.45, 7) is 4.93. The van der Waals surface area contributed by atoms with Crippen molar-refractivity contribution in [2.75, 3.05) is 19.8 Å². The number of nitrogens with zero attached hydrogens (tertiary/aromatic N) is 5. The summed E-state index contributed by atoms with van der Waals surface area (Å²) in [5, 5.41) is 8.47. The number of hydrogen-bond donors (Lipinski definition) is 0. The first-order chi connectivity index (χ1) is 12.2. The van der Waals surface area contributed by atoms with E-state index in [1.165, 1.54) is 11.3 Å². The summed E-state index contributed by atoms with van der Waals surface area (Å²) < 4.78 is 13.2. The monoisotopic (exact) mass is 339 g/mol. The minimum Gasteiger partial charge on any atom is -0.378 e. The number of ether oxygens (including phenoxy) is 1. The zero-order chi connectivity index (χ0) is 17.2. The van der Waals surface area contributed by atoms with E-state index in [4.69, 9.17) is 9.26 Å². The second kappa shape index (κ2) is 6.78. The summed E-state index contributed by atoms with van der Waals surface area (Å²) in [4.78, 5) is 6.92. The lowest BCUT2D eigenvalue weighted by atomic mass is 10.2. The van der Waals surface area contributed by atoms with Crippen molar-refractivity contribution < 1.29 is 9.26 Å². The molecule has 7 nitrogen and oxygen atoms in total. The number of rotatable bonds is 4. The van der Waals surface area contributed by atoms with E-state index >= 15 is 0 Å². The van der Waals surface area contributed by atoms with Gasteiger partial charge in [-0.2, -0.15) is 10.1 Å². The van der Waals surface area contributed by atoms with Gasteiger partial charge in [0.2, 0.25) is 11.7 Å². The topological polar surface area (TPSA) is 69.2 Å². The molecule has 0 N–H and O–H groups in total. The van der Waals surface area contributed by atoms with Crippen molar-refractivity contribution in [1.29, 1.82) is 0 Å². The standard InChI is InChI=1S/C18H21N5O2/c1-13-10-19-22(2)15(13)11-23-8-9-24-12-16(23)18-20-17(21-25-18)14-6-4-3-5-7-14/h3-7,10,16H,8-9,11-12H2,1-2H3/t16-/m0/s1. The minimum absolute atomic E-state index is 0.0481. The average molecular weight is 339 g/mol. The second-order valence-electron chi connectivity index (χ2n) is 6.28. The predicted octanol–water partition coefficient (Wildman–Crippen LogP) is 2.35. The van der Waals surface area contributed by atoms with Gasteiger partial charge in [0.1, 0.15) is 6.04 Å². The van der Waals surface area contributed by atoms with Crippen molar-refractivity contribution in [1.82, 2.24) is 24.8 Å². The van der Waals surface area contributed by atoms with Crippen molar-refractivity contribution in [2.24, 2.45) is 7.05 Å². The van der Waals surface area contributed by atoms with E-state index < -0.39 is 0 Å². The van der Waals surface area contributed by atoms with Crippen LogP contribution in [0, 0.1) is 6.92 Å². The van der Waals surface area contributed by atoms with Crippen LogP contribution in [0.25, 0.3) is 11.4 Å². The van der Waals surface area contributed by atoms with Gasteiger partial charge in [0.05, 0.1) is 25.1 Å². The molecule has 130 valence electrons. The van der Waals surface area contributed by atoms with Crippen LogP contribution in [0.3, 0.4) is 0 Å². The van der Waals surface area contributed by atoms with E-state index in [1.807, 2.05) is 48.3 Å². The van der Waals surface area contributed by atoms with Gasteiger partial charge in [-0.25, -0.2) is 0 Å². The molecule has 4 rings (SSSR count). The smallest absolute Gasteiger partial charge is 0.246 e. The summed E-state index contributed by atoms with van der Waals surface area (Å²) in [6.07, 6.45) is 1.89. The molecule has 1 aromatic carbocycles. The quantitative estimate of drug-likeness (QED) is 0.727. The van der Waals surface area contributed by atoms with Crippen molar-refractivity contribution >= 4 is 0 Å². The molecule has 0 spiro atoms. The van der Waals surface area contributed by atoms with Crippen molar-refractivity contribution in [2.45, 2.75) is 19.5 Å². The molecule has 0 unspecified atom stereocenters. The number of aryl methyl sites for hydroxylation is 2. The molecule has 1 aliphatic heterocycles. The summed E-state index contributed by atoms with van der Waals surface area (Å²) in [5.74, 6) is 1.20. The molecule has 0 bridgehead atoms. The zero-order valence-corrected chi connectivity index (χ0v) is 14.4. The molecule has 0 amide bonds. The van der Waals surface area contributed by atoms with Gasteiger partial charge in [-0.05, 0) is 12.5 Å². The highest BCUT2D eigenvalue weighted by Crippen LogP contribution is 2.27. The Labute approximate surface area is 146 Å². The Morgan fingerprint density at radius 1 is 1.24 bits per heavy atom. The first kappa shape index (κ1) is 16.0. The maximum absolute atomic E-state index is 5.67. The molecule has 0 saturated carbocycles. The molecule has 0 aliphatic carbocycles. The van der Waals surface area contributed by atoms with E-state index in [9.17, 15) is 0 Å². The van der Waals surface area contributed by atoms with Crippen LogP contribution in [-0.4, -0.2) is 44.6 Å². The fraction of sp³-hybridized carbons (Fsp3) is 0.389. The Morgan fingerprint density at radius 2 is 2.08 bits per heavy atom. The molecule has 25 heavy (non-hydrogen) atoms.